The van der Waals surface area contributed by atoms with Crippen molar-refractivity contribution in [1.29, 1.82) is 0 Å². The molecule has 1 aromatic heterocycles. The van der Waals surface area contributed by atoms with Gasteiger partial charge in [0.05, 0.1) is 24.1 Å². The number of carbonyl (C=O) groups is 1. The zero-order chi connectivity index (χ0) is 21.6. The molecule has 0 saturated carbocycles. The Hall–Kier alpha value is -3.11. The Morgan fingerprint density at radius 3 is 2.60 bits per heavy atom. The van der Waals surface area contributed by atoms with Crippen LogP contribution in [0.3, 0.4) is 0 Å². The van der Waals surface area contributed by atoms with Gasteiger partial charge in [-0.2, -0.15) is 0 Å². The van der Waals surface area contributed by atoms with Crippen LogP contribution in [0.5, 0.6) is 5.75 Å². The number of rotatable bonds is 5. The first-order valence-electron chi connectivity index (χ1n) is 9.07. The summed E-state index contributed by atoms with van der Waals surface area (Å²) in [6, 6.07) is 6.92. The molecule has 3 N–H and O–H groups in total. The van der Waals surface area contributed by atoms with E-state index in [1.807, 2.05) is 0 Å². The van der Waals surface area contributed by atoms with Crippen molar-refractivity contribution in [3.8, 4) is 17.1 Å². The summed E-state index contributed by atoms with van der Waals surface area (Å²) in [6.07, 6.45) is 0.672. The highest BCUT2D eigenvalue weighted by atomic mass is 32.2. The number of sulfonamides is 1. The van der Waals surface area contributed by atoms with E-state index < -0.39 is 27.9 Å². The van der Waals surface area contributed by atoms with Crippen LogP contribution in [-0.4, -0.2) is 45.4 Å². The summed E-state index contributed by atoms with van der Waals surface area (Å²) >= 11 is 0. The molecule has 0 fully saturated rings. The van der Waals surface area contributed by atoms with Gasteiger partial charge in [-0.15, -0.1) is 0 Å². The summed E-state index contributed by atoms with van der Waals surface area (Å²) in [6.45, 7) is -0.285. The first kappa shape index (κ1) is 20.2. The van der Waals surface area contributed by atoms with Gasteiger partial charge in [0.1, 0.15) is 29.0 Å². The Labute approximate surface area is 171 Å². The van der Waals surface area contributed by atoms with E-state index in [-0.39, 0.29) is 41.4 Å². The van der Waals surface area contributed by atoms with Crippen LogP contribution in [0.4, 0.5) is 10.1 Å². The van der Waals surface area contributed by atoms with Gasteiger partial charge in [-0.25, -0.2) is 12.8 Å². The molecule has 0 saturated heterocycles. The van der Waals surface area contributed by atoms with Gasteiger partial charge in [0, 0.05) is 36.0 Å². The SMILES string of the molecule is CNC(=O)c1c(-c2ccc(F)cc2)oc2cc(NS(C)(=O)=O)c3c(c12)CC(CO)O3. The van der Waals surface area contributed by atoms with Crippen LogP contribution in [-0.2, 0) is 16.4 Å². The Balaban J connectivity index is 2.04. The largest absolute Gasteiger partial charge is 0.485 e. The molecular weight excluding hydrogens is 415 g/mol. The molecule has 158 valence electrons. The molecule has 1 amide bonds. The first-order valence-corrected chi connectivity index (χ1v) is 11.0. The Morgan fingerprint density at radius 1 is 1.30 bits per heavy atom. The number of hydrogen-bond acceptors (Lipinski definition) is 6. The number of amides is 1. The lowest BCUT2D eigenvalue weighted by atomic mass is 9.98. The summed E-state index contributed by atoms with van der Waals surface area (Å²) in [5.41, 5.74) is 1.67. The zero-order valence-electron chi connectivity index (χ0n) is 16.2. The average molecular weight is 434 g/mol. The van der Waals surface area contributed by atoms with Gasteiger partial charge >= 0.3 is 0 Å². The molecule has 4 rings (SSSR count). The molecule has 10 heteroatoms. The van der Waals surface area contributed by atoms with Crippen LogP contribution in [0.2, 0.25) is 0 Å². The second kappa shape index (κ2) is 7.29. The molecule has 1 aliphatic rings. The van der Waals surface area contributed by atoms with Crippen molar-refractivity contribution in [2.45, 2.75) is 12.5 Å². The standard InChI is InChI=1S/C20H19FN2O6S/c1-22-20(25)17-16-13-7-12(9-24)28-19(13)14(23-30(2,26)27)8-15(16)29-18(17)10-3-5-11(21)6-4-10/h3-6,8,12,23-24H,7,9H2,1-2H3,(H,22,25). The lowest BCUT2D eigenvalue weighted by molar-refractivity contribution is 0.0964. The number of nitrogens with one attached hydrogen (secondary N) is 2. The Morgan fingerprint density at radius 2 is 2.00 bits per heavy atom. The molecule has 2 heterocycles. The van der Waals surface area contributed by atoms with E-state index in [1.165, 1.54) is 37.4 Å². The van der Waals surface area contributed by atoms with Gasteiger partial charge in [-0.05, 0) is 24.3 Å². The molecular formula is C20H19FN2O6S. The summed E-state index contributed by atoms with van der Waals surface area (Å²) in [4.78, 5) is 12.8. The van der Waals surface area contributed by atoms with Crippen molar-refractivity contribution in [2.24, 2.45) is 0 Å². The Kier molecular flexibility index (Phi) is 4.91. The summed E-state index contributed by atoms with van der Waals surface area (Å²) < 4.78 is 51.1. The number of halogens is 1. The fourth-order valence-electron chi connectivity index (χ4n) is 3.61. The van der Waals surface area contributed by atoms with Crippen molar-refractivity contribution < 1.29 is 31.9 Å². The predicted octanol–water partition coefficient (Wildman–Crippen LogP) is 2.27. The van der Waals surface area contributed by atoms with Crippen molar-refractivity contribution in [1.82, 2.24) is 5.32 Å². The maximum Gasteiger partial charge on any atom is 0.255 e. The van der Waals surface area contributed by atoms with E-state index in [9.17, 15) is 22.7 Å². The van der Waals surface area contributed by atoms with Gasteiger partial charge in [0.2, 0.25) is 10.0 Å². The summed E-state index contributed by atoms with van der Waals surface area (Å²) in [7, 11) is -2.15. The van der Waals surface area contributed by atoms with E-state index in [2.05, 4.69) is 10.0 Å². The molecule has 2 aromatic carbocycles. The second-order valence-corrected chi connectivity index (χ2v) is 8.75. The van der Waals surface area contributed by atoms with Crippen molar-refractivity contribution in [3.63, 3.8) is 0 Å². The van der Waals surface area contributed by atoms with Crippen molar-refractivity contribution in [3.05, 3.63) is 47.3 Å². The molecule has 1 atom stereocenters. The number of anilines is 1. The van der Waals surface area contributed by atoms with E-state index in [4.69, 9.17) is 9.15 Å². The van der Waals surface area contributed by atoms with Gasteiger partial charge in [-0.3, -0.25) is 9.52 Å². The smallest absolute Gasteiger partial charge is 0.255 e. The van der Waals surface area contributed by atoms with E-state index in [1.54, 1.807) is 0 Å². The molecule has 1 aliphatic heterocycles. The van der Waals surface area contributed by atoms with E-state index in [0.29, 0.717) is 16.5 Å². The number of hydrogen-bond donors (Lipinski definition) is 3. The van der Waals surface area contributed by atoms with Gasteiger partial charge in [0.25, 0.3) is 5.91 Å². The molecule has 0 radical (unpaired) electrons. The van der Waals surface area contributed by atoms with Gasteiger partial charge in [0.15, 0.2) is 0 Å². The normalized spacial score (nSPS) is 15.7. The quantitative estimate of drug-likeness (QED) is 0.567. The van der Waals surface area contributed by atoms with Gasteiger partial charge in [-0.1, -0.05) is 0 Å². The molecule has 30 heavy (non-hydrogen) atoms. The highest BCUT2D eigenvalue weighted by Crippen LogP contribution is 2.46. The van der Waals surface area contributed by atoms with Gasteiger partial charge < -0.3 is 19.6 Å². The molecule has 3 aromatic rings. The lowest BCUT2D eigenvalue weighted by Crippen LogP contribution is -2.19. The molecule has 0 spiro atoms. The fourth-order valence-corrected chi connectivity index (χ4v) is 4.16. The zero-order valence-corrected chi connectivity index (χ0v) is 17.0. The fraction of sp³-hybridized carbons (Fsp3) is 0.250. The first-order chi connectivity index (χ1) is 14.2. The molecule has 1 unspecified atom stereocenters. The van der Waals surface area contributed by atoms with Crippen LogP contribution in [0.25, 0.3) is 22.3 Å². The summed E-state index contributed by atoms with van der Waals surface area (Å²) in [5, 5.41) is 12.6. The number of fused-ring (bicyclic) bond motifs is 3. The lowest BCUT2D eigenvalue weighted by Gasteiger charge is -2.11. The minimum absolute atomic E-state index is 0.152. The van der Waals surface area contributed by atoms with Crippen LogP contribution >= 0.6 is 0 Å². The van der Waals surface area contributed by atoms with Crippen LogP contribution in [0.1, 0.15) is 15.9 Å². The van der Waals surface area contributed by atoms with Crippen molar-refractivity contribution >= 4 is 32.6 Å². The topological polar surface area (TPSA) is 118 Å². The average Bonchev–Trinajstić information content (AvgIpc) is 3.28. The third kappa shape index (κ3) is 3.48. The number of carbonyl (C=O) groups excluding carboxylic acids is 1. The monoisotopic (exact) mass is 434 g/mol. The second-order valence-electron chi connectivity index (χ2n) is 7.00. The number of benzene rings is 2. The van der Waals surface area contributed by atoms with E-state index in [0.717, 1.165) is 6.26 Å². The number of aliphatic hydroxyl groups excluding tert-OH is 1. The highest BCUT2D eigenvalue weighted by molar-refractivity contribution is 7.92. The number of furan rings is 1. The van der Waals surface area contributed by atoms with Crippen LogP contribution < -0.4 is 14.8 Å². The Bertz CT molecular complexity index is 1250. The third-order valence-corrected chi connectivity index (χ3v) is 5.40. The predicted molar refractivity (Wildman–Crippen MR) is 109 cm³/mol. The molecule has 0 aliphatic carbocycles. The van der Waals surface area contributed by atoms with Crippen molar-refractivity contribution in [2.75, 3.05) is 24.6 Å². The molecule has 0 bridgehead atoms. The van der Waals surface area contributed by atoms with E-state index >= 15 is 0 Å². The summed E-state index contributed by atoms with van der Waals surface area (Å²) in [5.74, 6) is -0.401. The molecule has 8 nitrogen and oxygen atoms in total. The minimum atomic E-state index is -3.63. The highest BCUT2D eigenvalue weighted by Gasteiger charge is 2.33. The maximum atomic E-state index is 13.4. The third-order valence-electron chi connectivity index (χ3n) is 4.81. The van der Waals surface area contributed by atoms with Crippen LogP contribution in [0, 0.1) is 5.82 Å². The van der Waals surface area contributed by atoms with Crippen LogP contribution in [0.15, 0.2) is 34.7 Å². The minimum Gasteiger partial charge on any atom is -0.485 e. The number of aliphatic hydroxyl groups is 1. The number of ether oxygens (including phenoxy) is 1. The maximum absolute atomic E-state index is 13.4.